The molecule has 0 unspecified atom stereocenters. The number of carbonyl (C=O) groups is 3. The summed E-state index contributed by atoms with van der Waals surface area (Å²) < 4.78 is 4.57. The highest BCUT2D eigenvalue weighted by Crippen LogP contribution is 2.25. The number of hydrogen-bond acceptors (Lipinski definition) is 4. The Labute approximate surface area is 118 Å². The van der Waals surface area contributed by atoms with Gasteiger partial charge in [0.2, 0.25) is 0 Å². The van der Waals surface area contributed by atoms with Crippen molar-refractivity contribution >= 4 is 17.9 Å². The fourth-order valence-electron chi connectivity index (χ4n) is 2.30. The number of hydrogen-bond donors (Lipinski definition) is 3. The Morgan fingerprint density at radius 3 is 2.45 bits per heavy atom. The molecule has 20 heavy (non-hydrogen) atoms. The molecule has 1 aliphatic carbocycles. The van der Waals surface area contributed by atoms with Crippen LogP contribution in [-0.4, -0.2) is 42.8 Å². The number of amides is 3. The monoisotopic (exact) mass is 286 g/mol. The topological polar surface area (TPSA) is 105 Å². The number of imide groups is 1. The van der Waals surface area contributed by atoms with Crippen molar-refractivity contribution < 1.29 is 24.2 Å². The molecule has 0 bridgehead atoms. The Bertz CT molecular complexity index is 340. The molecule has 1 fully saturated rings. The molecule has 0 radical (unpaired) electrons. The summed E-state index contributed by atoms with van der Waals surface area (Å²) in [6, 6.07) is -0.565. The highest BCUT2D eigenvalue weighted by Gasteiger charge is 2.14. The van der Waals surface area contributed by atoms with Gasteiger partial charge < -0.3 is 15.2 Å². The maximum atomic E-state index is 11.4. The molecule has 3 N–H and O–H groups in total. The number of ether oxygens (including phenoxy) is 1. The zero-order valence-corrected chi connectivity index (χ0v) is 11.5. The van der Waals surface area contributed by atoms with Crippen molar-refractivity contribution in [1.29, 1.82) is 0 Å². The van der Waals surface area contributed by atoms with Crippen LogP contribution in [0.1, 0.15) is 38.5 Å². The number of carbonyl (C=O) groups excluding carboxylic acids is 2. The molecule has 0 aromatic carbocycles. The molecule has 7 heteroatoms. The number of carboxylic acid groups (broad SMARTS) is 1. The van der Waals surface area contributed by atoms with Gasteiger partial charge in [0.05, 0.1) is 0 Å². The van der Waals surface area contributed by atoms with E-state index in [4.69, 9.17) is 5.11 Å². The third-order valence-corrected chi connectivity index (χ3v) is 3.27. The summed E-state index contributed by atoms with van der Waals surface area (Å²) in [4.78, 5) is 32.7. The van der Waals surface area contributed by atoms with E-state index in [1.54, 1.807) is 0 Å². The van der Waals surface area contributed by atoms with E-state index in [2.05, 4.69) is 15.4 Å². The lowest BCUT2D eigenvalue weighted by molar-refractivity contribution is -0.143. The molecular formula is C13H22N2O5. The Hall–Kier alpha value is -1.63. The van der Waals surface area contributed by atoms with Gasteiger partial charge in [0.1, 0.15) is 13.2 Å². The second kappa shape index (κ2) is 9.30. The zero-order chi connectivity index (χ0) is 14.8. The van der Waals surface area contributed by atoms with Crippen LogP contribution in [0.2, 0.25) is 0 Å². The SMILES string of the molecule is O=C(O)COCC(=O)NC(=O)NCCC1CCCCC1. The molecule has 0 aromatic rings. The van der Waals surface area contributed by atoms with E-state index in [0.29, 0.717) is 12.5 Å². The van der Waals surface area contributed by atoms with Gasteiger partial charge in [-0.05, 0) is 12.3 Å². The average Bonchev–Trinajstić information content (AvgIpc) is 2.39. The van der Waals surface area contributed by atoms with E-state index < -0.39 is 31.1 Å². The molecule has 1 rings (SSSR count). The number of urea groups is 1. The van der Waals surface area contributed by atoms with Crippen molar-refractivity contribution in [3.05, 3.63) is 0 Å². The molecular weight excluding hydrogens is 264 g/mol. The van der Waals surface area contributed by atoms with E-state index in [9.17, 15) is 14.4 Å². The lowest BCUT2D eigenvalue weighted by atomic mass is 9.87. The fraction of sp³-hybridized carbons (Fsp3) is 0.769. The number of nitrogens with one attached hydrogen (secondary N) is 2. The van der Waals surface area contributed by atoms with Crippen LogP contribution < -0.4 is 10.6 Å². The predicted octanol–water partition coefficient (Wildman–Crippen LogP) is 0.884. The highest BCUT2D eigenvalue weighted by molar-refractivity contribution is 5.94. The summed E-state index contributed by atoms with van der Waals surface area (Å²) >= 11 is 0. The van der Waals surface area contributed by atoms with Crippen molar-refractivity contribution in [2.75, 3.05) is 19.8 Å². The Kier molecular flexibility index (Phi) is 7.64. The lowest BCUT2D eigenvalue weighted by Gasteiger charge is -2.21. The first-order chi connectivity index (χ1) is 9.58. The van der Waals surface area contributed by atoms with Crippen LogP contribution in [0.15, 0.2) is 0 Å². The molecule has 7 nitrogen and oxygen atoms in total. The second-order valence-electron chi connectivity index (χ2n) is 4.98. The van der Waals surface area contributed by atoms with E-state index in [0.717, 1.165) is 6.42 Å². The van der Waals surface area contributed by atoms with Crippen LogP contribution in [-0.2, 0) is 14.3 Å². The summed E-state index contributed by atoms with van der Waals surface area (Å²) in [5, 5.41) is 13.0. The second-order valence-corrected chi connectivity index (χ2v) is 4.98. The minimum absolute atomic E-state index is 0.442. The first kappa shape index (κ1) is 16.4. The van der Waals surface area contributed by atoms with E-state index in [1.807, 2.05) is 0 Å². The van der Waals surface area contributed by atoms with Gasteiger partial charge in [-0.25, -0.2) is 9.59 Å². The van der Waals surface area contributed by atoms with Crippen molar-refractivity contribution in [3.63, 3.8) is 0 Å². The smallest absolute Gasteiger partial charge is 0.329 e. The van der Waals surface area contributed by atoms with Gasteiger partial charge in [-0.2, -0.15) is 0 Å². The van der Waals surface area contributed by atoms with Crippen molar-refractivity contribution in [3.8, 4) is 0 Å². The molecule has 114 valence electrons. The van der Waals surface area contributed by atoms with Gasteiger partial charge in [0, 0.05) is 6.54 Å². The molecule has 1 aliphatic rings. The normalized spacial score (nSPS) is 15.6. The van der Waals surface area contributed by atoms with Crippen LogP contribution >= 0.6 is 0 Å². The molecule has 3 amide bonds. The van der Waals surface area contributed by atoms with Crippen LogP contribution in [0.4, 0.5) is 4.79 Å². The van der Waals surface area contributed by atoms with Crippen LogP contribution in [0.3, 0.4) is 0 Å². The van der Waals surface area contributed by atoms with E-state index in [1.165, 1.54) is 32.1 Å². The van der Waals surface area contributed by atoms with Crippen LogP contribution in [0.25, 0.3) is 0 Å². The summed E-state index contributed by atoms with van der Waals surface area (Å²) in [7, 11) is 0. The zero-order valence-electron chi connectivity index (χ0n) is 11.5. The minimum Gasteiger partial charge on any atom is -0.480 e. The number of carboxylic acids is 1. The summed E-state index contributed by atoms with van der Waals surface area (Å²) in [6.07, 6.45) is 7.18. The van der Waals surface area contributed by atoms with E-state index >= 15 is 0 Å². The lowest BCUT2D eigenvalue weighted by Crippen LogP contribution is -2.42. The Morgan fingerprint density at radius 1 is 1.10 bits per heavy atom. The van der Waals surface area contributed by atoms with Crippen LogP contribution in [0.5, 0.6) is 0 Å². The van der Waals surface area contributed by atoms with Crippen molar-refractivity contribution in [1.82, 2.24) is 10.6 Å². The van der Waals surface area contributed by atoms with Gasteiger partial charge in [-0.3, -0.25) is 10.1 Å². The number of aliphatic carboxylic acids is 1. The number of rotatable bonds is 7. The van der Waals surface area contributed by atoms with Gasteiger partial charge in [-0.1, -0.05) is 32.1 Å². The van der Waals surface area contributed by atoms with Gasteiger partial charge >= 0.3 is 12.0 Å². The standard InChI is InChI=1S/C13H22N2O5/c16-11(8-20-9-12(17)18)15-13(19)14-7-6-10-4-2-1-3-5-10/h10H,1-9H2,(H,17,18)(H2,14,15,16,19). The Morgan fingerprint density at radius 2 is 1.80 bits per heavy atom. The third kappa shape index (κ3) is 7.73. The Balaban J connectivity index is 2.04. The maximum Gasteiger partial charge on any atom is 0.329 e. The van der Waals surface area contributed by atoms with E-state index in [-0.39, 0.29) is 0 Å². The summed E-state index contributed by atoms with van der Waals surface area (Å²) in [5.41, 5.74) is 0. The largest absolute Gasteiger partial charge is 0.480 e. The molecule has 0 aromatic heterocycles. The maximum absolute atomic E-state index is 11.4. The van der Waals surface area contributed by atoms with Gasteiger partial charge in [0.15, 0.2) is 0 Å². The molecule has 0 spiro atoms. The molecule has 0 saturated heterocycles. The van der Waals surface area contributed by atoms with Gasteiger partial charge in [-0.15, -0.1) is 0 Å². The van der Waals surface area contributed by atoms with Crippen molar-refractivity contribution in [2.45, 2.75) is 38.5 Å². The average molecular weight is 286 g/mol. The third-order valence-electron chi connectivity index (χ3n) is 3.27. The fourth-order valence-corrected chi connectivity index (χ4v) is 2.30. The quantitative estimate of drug-likeness (QED) is 0.644. The highest BCUT2D eigenvalue weighted by atomic mass is 16.5. The molecule has 1 saturated carbocycles. The minimum atomic E-state index is -1.16. The molecule has 0 aliphatic heterocycles. The first-order valence-corrected chi connectivity index (χ1v) is 6.95. The van der Waals surface area contributed by atoms with Crippen molar-refractivity contribution in [2.24, 2.45) is 5.92 Å². The molecule has 0 atom stereocenters. The van der Waals surface area contributed by atoms with Crippen LogP contribution in [0, 0.1) is 5.92 Å². The summed E-state index contributed by atoms with van der Waals surface area (Å²) in [5.74, 6) is -1.14. The molecule has 0 heterocycles. The summed E-state index contributed by atoms with van der Waals surface area (Å²) in [6.45, 7) is -0.459. The van der Waals surface area contributed by atoms with Gasteiger partial charge in [0.25, 0.3) is 5.91 Å². The first-order valence-electron chi connectivity index (χ1n) is 6.95. The predicted molar refractivity (Wildman–Crippen MR) is 71.2 cm³/mol.